The van der Waals surface area contributed by atoms with E-state index < -0.39 is 46.9 Å². The molecule has 3 aromatic carbocycles. The topological polar surface area (TPSA) is 185 Å². The van der Waals surface area contributed by atoms with Gasteiger partial charge in [0.2, 0.25) is 6.79 Å². The highest BCUT2D eigenvalue weighted by Crippen LogP contribution is 2.62. The Morgan fingerprint density at radius 1 is 1.14 bits per heavy atom. The summed E-state index contributed by atoms with van der Waals surface area (Å²) >= 11 is 1.54. The van der Waals surface area contributed by atoms with Gasteiger partial charge in [-0.2, -0.15) is 17.0 Å². The van der Waals surface area contributed by atoms with Crippen LogP contribution in [0.3, 0.4) is 0 Å². The van der Waals surface area contributed by atoms with Crippen molar-refractivity contribution in [2.45, 2.75) is 81.5 Å². The summed E-state index contributed by atoms with van der Waals surface area (Å²) in [6.45, 7) is 6.89. The Balaban J connectivity index is 1.34. The van der Waals surface area contributed by atoms with Crippen LogP contribution in [0, 0.1) is 25.2 Å². The van der Waals surface area contributed by atoms with Gasteiger partial charge in [0.1, 0.15) is 18.4 Å². The molecule has 4 aliphatic heterocycles. The van der Waals surface area contributed by atoms with Gasteiger partial charge in [0, 0.05) is 65.1 Å². The molecule has 7 atom stereocenters. The summed E-state index contributed by atoms with van der Waals surface area (Å²) in [5.41, 5.74) is 11.6. The van der Waals surface area contributed by atoms with Crippen LogP contribution >= 0.6 is 11.8 Å². The van der Waals surface area contributed by atoms with Crippen LogP contribution in [0.2, 0.25) is 0 Å². The third-order valence-corrected chi connectivity index (χ3v) is 13.4. The highest BCUT2D eigenvalue weighted by molar-refractivity contribution is 7.98. The zero-order chi connectivity index (χ0) is 41.4. The van der Waals surface area contributed by atoms with E-state index in [1.54, 1.807) is 0 Å². The van der Waals surface area contributed by atoms with Crippen LogP contribution in [-0.4, -0.2) is 97.4 Å². The van der Waals surface area contributed by atoms with Gasteiger partial charge < -0.3 is 44.4 Å². The van der Waals surface area contributed by atoms with E-state index >= 15 is 0 Å². The van der Waals surface area contributed by atoms with E-state index in [4.69, 9.17) is 29.4 Å². The van der Waals surface area contributed by atoms with Gasteiger partial charge in [0.05, 0.1) is 36.2 Å². The number of phenolic OH excluding ortho intramolecular Hbond substituents is 1. The number of aromatic nitrogens is 1. The first-order valence-corrected chi connectivity index (χ1v) is 20.7. The lowest BCUT2D eigenvalue weighted by molar-refractivity contribution is -0.155. The zero-order valence-corrected chi connectivity index (χ0v) is 34.8. The number of ether oxygens (including phenoxy) is 5. The fourth-order valence-corrected chi connectivity index (χ4v) is 11.1. The third kappa shape index (κ3) is 5.99. The van der Waals surface area contributed by atoms with Crippen LogP contribution in [0.15, 0.2) is 30.3 Å². The van der Waals surface area contributed by atoms with Crippen molar-refractivity contribution in [2.75, 3.05) is 47.4 Å². The second-order valence-corrected chi connectivity index (χ2v) is 17.0. The molecule has 0 fully saturated rings. The summed E-state index contributed by atoms with van der Waals surface area (Å²) in [5.74, 6) is 0.521. The first-order valence-electron chi connectivity index (χ1n) is 19.4. The molecule has 8 rings (SSSR count). The summed E-state index contributed by atoms with van der Waals surface area (Å²) in [7, 11) is 5.40. The Morgan fingerprint density at radius 3 is 2.55 bits per heavy atom. The molecular weight excluding hydrogens is 761 g/mol. The maximum absolute atomic E-state index is 14.9. The number of nitrogens with two attached hydrogens (primary N) is 1. The molecular formula is C43H50N6O8S. The number of fused-ring (bicyclic) bond motifs is 8. The van der Waals surface area contributed by atoms with E-state index in [0.717, 1.165) is 27.6 Å². The number of aryl methyl sites for hydroxylation is 1. The Bertz CT molecular complexity index is 2370. The predicted molar refractivity (Wildman–Crippen MR) is 218 cm³/mol. The SMILES string of the molecule is COc1c(C)cc2c(c1O)[C@H](N(C)C)C1[C@H](SC)c3c(OC(C)=O)c(C)c4c(c3[C@H](COC(=O)[C@]3(C)N[C@@H](CN)Cc5c3[nH]c3ccccc53)N1[C@@H](C#N)C2)OCO4. The van der Waals surface area contributed by atoms with Gasteiger partial charge >= 0.3 is 11.9 Å². The summed E-state index contributed by atoms with van der Waals surface area (Å²) in [4.78, 5) is 35.4. The molecule has 4 aliphatic rings. The second kappa shape index (κ2) is 15.0. The monoisotopic (exact) mass is 810 g/mol. The molecule has 1 unspecified atom stereocenters. The quantitative estimate of drug-likeness (QED) is 0.138. The zero-order valence-electron chi connectivity index (χ0n) is 34.0. The highest BCUT2D eigenvalue weighted by atomic mass is 32.2. The number of carbonyl (C=O) groups excluding carboxylic acids is 2. The van der Waals surface area contributed by atoms with Crippen molar-refractivity contribution in [3.8, 4) is 34.8 Å². The standard InChI is InChI=1S/C43H50N6O8S/c1-20-13-23-14-25(17-45)49-29(18-54-42(52)43(4)41-27(15-24(16-44)47-43)26-11-9-10-12-28(26)46-41)31-32(37(57-22(3)50)21(2)38-39(31)56-19-55-38)40(58-8)34(49)33(48(5)6)30(23)35(51)36(20)53-7/h9-13,24-25,29,33-34,40,46-47,51H,14-16,18-19,44H2,1-8H3/t24-,25-,29+,33+,34?,40-,43-/m1/s1. The molecule has 0 saturated heterocycles. The van der Waals surface area contributed by atoms with E-state index in [1.807, 2.05) is 76.4 Å². The number of hydrogen-bond acceptors (Lipinski definition) is 14. The number of nitrogens with zero attached hydrogens (tertiary/aromatic N) is 3. The highest BCUT2D eigenvalue weighted by Gasteiger charge is 2.55. The number of likely N-dealkylation sites (N-methyl/N-ethyl adjacent to an activating group) is 1. The number of aromatic hydroxyl groups is 1. The second-order valence-electron chi connectivity index (χ2n) is 16.0. The Hall–Kier alpha value is -4.98. The number of nitrogens with one attached hydrogen (secondary N) is 2. The minimum absolute atomic E-state index is 0.00494. The molecule has 15 heteroatoms. The first kappa shape index (κ1) is 39.8. The van der Waals surface area contributed by atoms with Gasteiger partial charge in [0.15, 0.2) is 28.5 Å². The van der Waals surface area contributed by atoms with Crippen molar-refractivity contribution in [3.63, 3.8) is 0 Å². The third-order valence-electron chi connectivity index (χ3n) is 12.4. The van der Waals surface area contributed by atoms with Gasteiger partial charge in [-0.05, 0) is 70.3 Å². The van der Waals surface area contributed by atoms with Gasteiger partial charge in [-0.15, -0.1) is 0 Å². The smallest absolute Gasteiger partial charge is 0.332 e. The molecule has 0 spiro atoms. The van der Waals surface area contributed by atoms with Crippen LogP contribution < -0.4 is 30.0 Å². The van der Waals surface area contributed by atoms with Crippen molar-refractivity contribution >= 4 is 34.6 Å². The number of H-pyrrole nitrogens is 1. The molecule has 0 saturated carbocycles. The first-order chi connectivity index (χ1) is 27.8. The molecule has 4 aromatic rings. The summed E-state index contributed by atoms with van der Waals surface area (Å²) in [5, 5.41) is 27.3. The molecule has 0 radical (unpaired) electrons. The Labute approximate surface area is 341 Å². The average Bonchev–Trinajstić information content (AvgIpc) is 3.81. The minimum atomic E-state index is -1.30. The number of esters is 2. The van der Waals surface area contributed by atoms with Crippen molar-refractivity contribution in [2.24, 2.45) is 5.73 Å². The van der Waals surface area contributed by atoms with Crippen LogP contribution in [0.5, 0.6) is 28.7 Å². The van der Waals surface area contributed by atoms with Crippen LogP contribution in [0.25, 0.3) is 10.9 Å². The largest absolute Gasteiger partial charge is 0.504 e. The lowest BCUT2D eigenvalue weighted by Gasteiger charge is -2.51. The molecule has 5 N–H and O–H groups in total. The molecule has 14 nitrogen and oxygen atoms in total. The predicted octanol–water partition coefficient (Wildman–Crippen LogP) is 4.97. The van der Waals surface area contributed by atoms with E-state index in [2.05, 4.69) is 21.3 Å². The lowest BCUT2D eigenvalue weighted by atomic mass is 9.80. The van der Waals surface area contributed by atoms with Crippen LogP contribution in [-0.2, 0) is 32.7 Å². The number of hydrogen-bond donors (Lipinski definition) is 4. The van der Waals surface area contributed by atoms with Crippen LogP contribution in [0.1, 0.15) is 75.8 Å². The number of phenols is 1. The van der Waals surface area contributed by atoms with Gasteiger partial charge in [-0.3, -0.25) is 15.0 Å². The Morgan fingerprint density at radius 2 is 1.88 bits per heavy atom. The molecule has 306 valence electrons. The van der Waals surface area contributed by atoms with Gasteiger partial charge in [-0.25, -0.2) is 4.79 Å². The molecule has 1 aromatic heterocycles. The van der Waals surface area contributed by atoms with E-state index in [1.165, 1.54) is 25.8 Å². The van der Waals surface area contributed by atoms with Crippen molar-refractivity contribution < 1.29 is 38.4 Å². The fraction of sp³-hybridized carbons (Fsp3) is 0.465. The number of carbonyl (C=O) groups is 2. The fourth-order valence-electron chi connectivity index (χ4n) is 10.1. The average molecular weight is 811 g/mol. The van der Waals surface area contributed by atoms with Crippen molar-refractivity contribution in [1.29, 1.82) is 5.26 Å². The number of methoxy groups -OCH3 is 1. The maximum atomic E-state index is 14.9. The normalized spacial score (nSPS) is 25.9. The van der Waals surface area contributed by atoms with Crippen molar-refractivity contribution in [3.05, 3.63) is 75.0 Å². The van der Waals surface area contributed by atoms with E-state index in [-0.39, 0.29) is 31.6 Å². The summed E-state index contributed by atoms with van der Waals surface area (Å²) < 4.78 is 30.7. The number of nitriles is 1. The number of thioether (sulfide) groups is 1. The number of aromatic amines is 1. The molecule has 0 bridgehead atoms. The number of rotatable bonds is 8. The summed E-state index contributed by atoms with van der Waals surface area (Å²) in [6, 6.07) is 9.68. The molecule has 58 heavy (non-hydrogen) atoms. The number of benzene rings is 3. The van der Waals surface area contributed by atoms with E-state index in [0.29, 0.717) is 63.9 Å². The molecule has 0 amide bonds. The minimum Gasteiger partial charge on any atom is -0.504 e. The lowest BCUT2D eigenvalue weighted by Crippen LogP contribution is -2.59. The molecule has 0 aliphatic carbocycles. The van der Waals surface area contributed by atoms with E-state index in [9.17, 15) is 20.0 Å². The van der Waals surface area contributed by atoms with Crippen LogP contribution in [0.4, 0.5) is 0 Å². The Kier molecular flexibility index (Phi) is 10.3. The maximum Gasteiger partial charge on any atom is 0.332 e. The van der Waals surface area contributed by atoms with Gasteiger partial charge in [0.25, 0.3) is 0 Å². The number of para-hydroxylation sites is 1. The van der Waals surface area contributed by atoms with Crippen molar-refractivity contribution in [1.82, 2.24) is 20.1 Å². The molecule has 5 heterocycles. The summed E-state index contributed by atoms with van der Waals surface area (Å²) in [6.07, 6.45) is 2.86. The van der Waals surface area contributed by atoms with Gasteiger partial charge in [-0.1, -0.05) is 24.3 Å².